The zero-order valence-electron chi connectivity index (χ0n) is 13.3. The van der Waals surface area contributed by atoms with Crippen molar-refractivity contribution in [3.05, 3.63) is 41.6 Å². The van der Waals surface area contributed by atoms with E-state index in [9.17, 15) is 4.79 Å². The number of methoxy groups -OCH3 is 1. The number of hydrogen-bond acceptors (Lipinski definition) is 6. The van der Waals surface area contributed by atoms with Crippen LogP contribution in [0.3, 0.4) is 0 Å². The number of nitrogens with one attached hydrogen (secondary N) is 1. The molecule has 0 unspecified atom stereocenters. The van der Waals surface area contributed by atoms with E-state index >= 15 is 0 Å². The molecule has 0 bridgehead atoms. The highest BCUT2D eigenvalue weighted by Gasteiger charge is 2.22. The SMILES string of the molecule is CO[C@H]1CCN(c2ccc(C(=O)NCc3nnc(C)o3)cc2)C1. The van der Waals surface area contributed by atoms with Crippen molar-refractivity contribution in [3.63, 3.8) is 0 Å². The lowest BCUT2D eigenvalue weighted by atomic mass is 10.2. The van der Waals surface area contributed by atoms with Gasteiger partial charge in [0, 0.05) is 38.4 Å². The number of carbonyl (C=O) groups excluding carboxylic acids is 1. The summed E-state index contributed by atoms with van der Waals surface area (Å²) >= 11 is 0. The number of ether oxygens (including phenoxy) is 1. The normalized spacial score (nSPS) is 17.5. The number of nitrogens with zero attached hydrogens (tertiary/aromatic N) is 3. The van der Waals surface area contributed by atoms with Gasteiger partial charge < -0.3 is 19.4 Å². The molecule has 1 aromatic carbocycles. The van der Waals surface area contributed by atoms with Gasteiger partial charge in [-0.15, -0.1) is 10.2 Å². The van der Waals surface area contributed by atoms with E-state index in [1.165, 1.54) is 0 Å². The largest absolute Gasteiger partial charge is 0.424 e. The van der Waals surface area contributed by atoms with Crippen molar-refractivity contribution in [2.45, 2.75) is 26.0 Å². The summed E-state index contributed by atoms with van der Waals surface area (Å²) < 4.78 is 10.6. The minimum absolute atomic E-state index is 0.163. The summed E-state index contributed by atoms with van der Waals surface area (Å²) in [5.41, 5.74) is 1.71. The molecule has 1 aliphatic rings. The van der Waals surface area contributed by atoms with Crippen LogP contribution in [-0.4, -0.2) is 42.4 Å². The Balaban J connectivity index is 1.57. The van der Waals surface area contributed by atoms with Gasteiger partial charge in [-0.2, -0.15) is 0 Å². The topological polar surface area (TPSA) is 80.5 Å². The molecule has 0 saturated carbocycles. The van der Waals surface area contributed by atoms with Gasteiger partial charge in [-0.25, -0.2) is 0 Å². The monoisotopic (exact) mass is 316 g/mol. The summed E-state index contributed by atoms with van der Waals surface area (Å²) in [6.07, 6.45) is 1.32. The van der Waals surface area contributed by atoms with Crippen LogP contribution >= 0.6 is 0 Å². The Hall–Kier alpha value is -2.41. The first-order chi connectivity index (χ1) is 11.2. The van der Waals surface area contributed by atoms with Crippen LogP contribution < -0.4 is 10.2 Å². The third-order valence-corrected chi connectivity index (χ3v) is 3.94. The summed E-state index contributed by atoms with van der Waals surface area (Å²) in [6.45, 7) is 3.80. The molecule has 1 N–H and O–H groups in total. The summed E-state index contributed by atoms with van der Waals surface area (Å²) in [6, 6.07) is 7.57. The van der Waals surface area contributed by atoms with Crippen molar-refractivity contribution in [2.24, 2.45) is 0 Å². The van der Waals surface area contributed by atoms with Crippen molar-refractivity contribution in [1.82, 2.24) is 15.5 Å². The van der Waals surface area contributed by atoms with Gasteiger partial charge in [0.2, 0.25) is 11.8 Å². The Bertz CT molecular complexity index is 668. The van der Waals surface area contributed by atoms with Crippen LogP contribution in [-0.2, 0) is 11.3 Å². The standard InChI is InChI=1S/C16H20N4O3/c1-11-18-19-15(23-11)9-17-16(21)12-3-5-13(6-4-12)20-8-7-14(10-20)22-2/h3-6,14H,7-10H2,1-2H3,(H,17,21)/t14-/m0/s1. The van der Waals surface area contributed by atoms with E-state index in [1.54, 1.807) is 14.0 Å². The van der Waals surface area contributed by atoms with Crippen LogP contribution in [0.4, 0.5) is 5.69 Å². The third kappa shape index (κ3) is 3.68. The lowest BCUT2D eigenvalue weighted by Crippen LogP contribution is -2.24. The van der Waals surface area contributed by atoms with E-state index in [1.807, 2.05) is 24.3 Å². The Morgan fingerprint density at radius 3 is 2.78 bits per heavy atom. The molecule has 23 heavy (non-hydrogen) atoms. The molecule has 2 aromatic rings. The van der Waals surface area contributed by atoms with Crippen LogP contribution in [0, 0.1) is 6.92 Å². The fourth-order valence-electron chi connectivity index (χ4n) is 2.65. The van der Waals surface area contributed by atoms with Gasteiger partial charge in [0.15, 0.2) is 0 Å². The predicted molar refractivity (Wildman–Crippen MR) is 84.3 cm³/mol. The number of anilines is 1. The maximum atomic E-state index is 12.1. The van der Waals surface area contributed by atoms with Gasteiger partial charge in [0.05, 0.1) is 12.6 Å². The summed E-state index contributed by atoms with van der Waals surface area (Å²) in [4.78, 5) is 14.4. The Kier molecular flexibility index (Phi) is 4.57. The quantitative estimate of drug-likeness (QED) is 0.901. The van der Waals surface area contributed by atoms with E-state index in [-0.39, 0.29) is 18.6 Å². The van der Waals surface area contributed by atoms with Gasteiger partial charge in [-0.3, -0.25) is 4.79 Å². The molecule has 1 aliphatic heterocycles. The Morgan fingerprint density at radius 2 is 2.17 bits per heavy atom. The number of aryl methyl sites for hydroxylation is 1. The van der Waals surface area contributed by atoms with Crippen LogP contribution in [0.1, 0.15) is 28.6 Å². The molecular formula is C16H20N4O3. The van der Waals surface area contributed by atoms with E-state index in [2.05, 4.69) is 20.4 Å². The second kappa shape index (κ2) is 6.78. The summed E-state index contributed by atoms with van der Waals surface area (Å²) in [5, 5.41) is 10.3. The van der Waals surface area contributed by atoms with Crippen LogP contribution in [0.2, 0.25) is 0 Å². The average molecular weight is 316 g/mol. The molecule has 0 aliphatic carbocycles. The number of benzene rings is 1. The molecule has 3 rings (SSSR count). The second-order valence-corrected chi connectivity index (χ2v) is 5.54. The first-order valence-corrected chi connectivity index (χ1v) is 7.60. The van der Waals surface area contributed by atoms with Gasteiger partial charge in [0.25, 0.3) is 5.91 Å². The molecule has 1 atom stereocenters. The maximum absolute atomic E-state index is 12.1. The van der Waals surface area contributed by atoms with Crippen molar-refractivity contribution in [3.8, 4) is 0 Å². The first kappa shape index (κ1) is 15.5. The van der Waals surface area contributed by atoms with Gasteiger partial charge in [-0.1, -0.05) is 0 Å². The molecule has 1 aromatic heterocycles. The molecule has 1 saturated heterocycles. The lowest BCUT2D eigenvalue weighted by Gasteiger charge is -2.18. The van der Waals surface area contributed by atoms with E-state index in [0.29, 0.717) is 17.3 Å². The van der Waals surface area contributed by atoms with Gasteiger partial charge >= 0.3 is 0 Å². The number of aromatic nitrogens is 2. The third-order valence-electron chi connectivity index (χ3n) is 3.94. The molecule has 7 heteroatoms. The maximum Gasteiger partial charge on any atom is 0.251 e. The van der Waals surface area contributed by atoms with Crippen LogP contribution in [0.15, 0.2) is 28.7 Å². The summed E-state index contributed by atoms with van der Waals surface area (Å²) in [5.74, 6) is 0.720. The van der Waals surface area contributed by atoms with Crippen molar-refractivity contribution >= 4 is 11.6 Å². The van der Waals surface area contributed by atoms with Crippen molar-refractivity contribution < 1.29 is 13.9 Å². The van der Waals surface area contributed by atoms with Gasteiger partial charge in [0.1, 0.15) is 0 Å². The molecule has 0 spiro atoms. The highest BCUT2D eigenvalue weighted by Crippen LogP contribution is 2.22. The number of rotatable bonds is 5. The molecule has 122 valence electrons. The highest BCUT2D eigenvalue weighted by atomic mass is 16.5. The number of amides is 1. The minimum atomic E-state index is -0.163. The molecular weight excluding hydrogens is 296 g/mol. The van der Waals surface area contributed by atoms with Crippen LogP contribution in [0.5, 0.6) is 0 Å². The molecule has 0 radical (unpaired) electrons. The van der Waals surface area contributed by atoms with Crippen molar-refractivity contribution in [2.75, 3.05) is 25.1 Å². The van der Waals surface area contributed by atoms with E-state index in [4.69, 9.17) is 9.15 Å². The number of carbonyl (C=O) groups is 1. The lowest BCUT2D eigenvalue weighted by molar-refractivity contribution is 0.0947. The number of hydrogen-bond donors (Lipinski definition) is 1. The Morgan fingerprint density at radius 1 is 1.39 bits per heavy atom. The highest BCUT2D eigenvalue weighted by molar-refractivity contribution is 5.94. The molecule has 1 fully saturated rings. The van der Waals surface area contributed by atoms with E-state index < -0.39 is 0 Å². The van der Waals surface area contributed by atoms with E-state index in [0.717, 1.165) is 25.2 Å². The summed E-state index contributed by atoms with van der Waals surface area (Å²) in [7, 11) is 1.74. The fourth-order valence-corrected chi connectivity index (χ4v) is 2.65. The molecule has 1 amide bonds. The van der Waals surface area contributed by atoms with Crippen molar-refractivity contribution in [1.29, 1.82) is 0 Å². The zero-order valence-corrected chi connectivity index (χ0v) is 13.3. The van der Waals surface area contributed by atoms with Crippen LogP contribution in [0.25, 0.3) is 0 Å². The molecule has 2 heterocycles. The zero-order chi connectivity index (χ0) is 16.2. The fraction of sp³-hybridized carbons (Fsp3) is 0.438. The molecule has 7 nitrogen and oxygen atoms in total. The second-order valence-electron chi connectivity index (χ2n) is 5.54. The predicted octanol–water partition coefficient (Wildman–Crippen LogP) is 1.53. The first-order valence-electron chi connectivity index (χ1n) is 7.60. The Labute approximate surface area is 134 Å². The smallest absolute Gasteiger partial charge is 0.251 e. The average Bonchev–Trinajstić information content (AvgIpc) is 3.21. The minimum Gasteiger partial charge on any atom is -0.424 e. The van der Waals surface area contributed by atoms with Gasteiger partial charge in [-0.05, 0) is 30.7 Å².